The Morgan fingerprint density at radius 2 is 1.68 bits per heavy atom. The molecule has 0 unspecified atom stereocenters. The molecule has 2 heterocycles. The Bertz CT molecular complexity index is 1140. The predicted molar refractivity (Wildman–Crippen MR) is 124 cm³/mol. The second-order valence-electron chi connectivity index (χ2n) is 8.72. The van der Waals surface area contributed by atoms with Gasteiger partial charge >= 0.3 is 0 Å². The Kier molecular flexibility index (Phi) is 4.58. The summed E-state index contributed by atoms with van der Waals surface area (Å²) in [6.45, 7) is 5.31. The summed E-state index contributed by atoms with van der Waals surface area (Å²) in [6.07, 6.45) is 4.23. The van der Waals surface area contributed by atoms with Gasteiger partial charge in [-0.2, -0.15) is 0 Å². The molecule has 0 saturated carbocycles. The van der Waals surface area contributed by atoms with E-state index in [4.69, 9.17) is 4.74 Å². The molecule has 1 fully saturated rings. The Labute approximate surface area is 183 Å². The Morgan fingerprint density at radius 1 is 0.968 bits per heavy atom. The topological polar surface area (TPSA) is 41.6 Å². The van der Waals surface area contributed by atoms with Crippen LogP contribution in [0, 0.1) is 0 Å². The summed E-state index contributed by atoms with van der Waals surface area (Å²) >= 11 is 0. The van der Waals surface area contributed by atoms with Crippen LogP contribution in [0.3, 0.4) is 0 Å². The molecule has 3 aromatic carbocycles. The van der Waals surface area contributed by atoms with Crippen LogP contribution in [0.15, 0.2) is 84.9 Å². The first-order valence-electron chi connectivity index (χ1n) is 10.6. The van der Waals surface area contributed by atoms with Crippen LogP contribution in [-0.4, -0.2) is 18.1 Å². The number of anilines is 1. The molecule has 31 heavy (non-hydrogen) atoms. The van der Waals surface area contributed by atoms with E-state index in [0.29, 0.717) is 13.2 Å². The van der Waals surface area contributed by atoms with Crippen molar-refractivity contribution in [3.63, 3.8) is 0 Å². The van der Waals surface area contributed by atoms with E-state index in [9.17, 15) is 4.79 Å². The van der Waals surface area contributed by atoms with Gasteiger partial charge in [-0.15, -0.1) is 0 Å². The number of ether oxygens (including phenoxy) is 1. The number of nitrogens with one attached hydrogen (secondary N) is 1. The number of rotatable bonds is 5. The van der Waals surface area contributed by atoms with Gasteiger partial charge in [0.1, 0.15) is 18.0 Å². The lowest BCUT2D eigenvalue weighted by Crippen LogP contribution is -2.58. The lowest BCUT2D eigenvalue weighted by atomic mass is 9.75. The van der Waals surface area contributed by atoms with Gasteiger partial charge in [0, 0.05) is 11.1 Å². The molecule has 2 aliphatic rings. The monoisotopic (exact) mass is 410 g/mol. The quantitative estimate of drug-likeness (QED) is 0.650. The van der Waals surface area contributed by atoms with Crippen LogP contribution >= 0.6 is 0 Å². The van der Waals surface area contributed by atoms with Crippen molar-refractivity contribution >= 4 is 17.7 Å². The average Bonchev–Trinajstić information content (AvgIpc) is 3.22. The number of carbonyl (C=O) groups is 1. The summed E-state index contributed by atoms with van der Waals surface area (Å²) in [7, 11) is 0. The third-order valence-electron chi connectivity index (χ3n) is 6.52. The summed E-state index contributed by atoms with van der Waals surface area (Å²) in [5.41, 5.74) is 3.76. The van der Waals surface area contributed by atoms with Crippen molar-refractivity contribution < 1.29 is 9.53 Å². The number of hydrogen-bond donors (Lipinski definition) is 1. The zero-order valence-corrected chi connectivity index (χ0v) is 17.8. The molecule has 0 aliphatic carbocycles. The Morgan fingerprint density at radius 3 is 2.45 bits per heavy atom. The van der Waals surface area contributed by atoms with Gasteiger partial charge in [0.25, 0.3) is 0 Å². The van der Waals surface area contributed by atoms with Crippen LogP contribution < -0.4 is 15.0 Å². The summed E-state index contributed by atoms with van der Waals surface area (Å²) in [6, 6.07) is 26.6. The van der Waals surface area contributed by atoms with E-state index in [1.165, 1.54) is 5.56 Å². The number of fused-ring (bicyclic) bond motifs is 3. The fourth-order valence-corrected chi connectivity index (χ4v) is 4.77. The molecule has 156 valence electrons. The van der Waals surface area contributed by atoms with Crippen molar-refractivity contribution in [1.29, 1.82) is 0 Å². The molecule has 0 radical (unpaired) electrons. The molecule has 5 rings (SSSR count). The summed E-state index contributed by atoms with van der Waals surface area (Å²) in [5, 5.41) is 3.26. The highest BCUT2D eigenvalue weighted by atomic mass is 16.5. The minimum absolute atomic E-state index is 0.0527. The largest absolute Gasteiger partial charge is 0.489 e. The third-order valence-corrected chi connectivity index (χ3v) is 6.52. The van der Waals surface area contributed by atoms with Crippen LogP contribution in [0.25, 0.3) is 6.08 Å². The molecule has 0 aromatic heterocycles. The predicted octanol–water partition coefficient (Wildman–Crippen LogP) is 4.90. The highest BCUT2D eigenvalue weighted by molar-refractivity contribution is 5.91. The summed E-state index contributed by atoms with van der Waals surface area (Å²) in [4.78, 5) is 14.6. The zero-order valence-electron chi connectivity index (χ0n) is 17.8. The van der Waals surface area contributed by atoms with E-state index < -0.39 is 5.66 Å². The number of benzene rings is 3. The lowest BCUT2D eigenvalue weighted by molar-refractivity contribution is -0.118. The lowest BCUT2D eigenvalue weighted by Gasteiger charge is -2.40. The van der Waals surface area contributed by atoms with Crippen molar-refractivity contribution in [2.45, 2.75) is 31.5 Å². The minimum Gasteiger partial charge on any atom is -0.489 e. The molecule has 1 amide bonds. The summed E-state index contributed by atoms with van der Waals surface area (Å²) in [5.74, 6) is 0.889. The van der Waals surface area contributed by atoms with Gasteiger partial charge in [0.15, 0.2) is 0 Å². The van der Waals surface area contributed by atoms with Gasteiger partial charge in [-0.05, 0) is 41.0 Å². The van der Waals surface area contributed by atoms with E-state index in [1.807, 2.05) is 48.5 Å². The molecule has 0 spiro atoms. The molecule has 2 aliphatic heterocycles. The van der Waals surface area contributed by atoms with E-state index in [0.717, 1.165) is 22.6 Å². The van der Waals surface area contributed by atoms with Crippen LogP contribution in [-0.2, 0) is 16.8 Å². The Hall–Kier alpha value is -3.53. The van der Waals surface area contributed by atoms with Crippen LogP contribution in [0.5, 0.6) is 5.75 Å². The number of amides is 1. The number of para-hydroxylation sites is 1. The van der Waals surface area contributed by atoms with Gasteiger partial charge in [-0.25, -0.2) is 0 Å². The summed E-state index contributed by atoms with van der Waals surface area (Å²) < 4.78 is 5.89. The number of carbonyl (C=O) groups excluding carboxylic acids is 1. The maximum absolute atomic E-state index is 12.4. The second-order valence-corrected chi connectivity index (χ2v) is 8.72. The first-order chi connectivity index (χ1) is 15.0. The highest BCUT2D eigenvalue weighted by Gasteiger charge is 2.59. The fourth-order valence-electron chi connectivity index (χ4n) is 4.77. The molecule has 4 heteroatoms. The van der Waals surface area contributed by atoms with Crippen molar-refractivity contribution in [3.05, 3.63) is 102 Å². The minimum atomic E-state index is -0.573. The molecule has 1 saturated heterocycles. The first kappa shape index (κ1) is 19.4. The van der Waals surface area contributed by atoms with E-state index in [2.05, 4.69) is 66.5 Å². The molecule has 4 nitrogen and oxygen atoms in total. The molecular weight excluding hydrogens is 384 g/mol. The highest BCUT2D eigenvalue weighted by Crippen LogP contribution is 2.52. The maximum atomic E-state index is 12.4. The van der Waals surface area contributed by atoms with Gasteiger partial charge in [0.05, 0.1) is 6.54 Å². The van der Waals surface area contributed by atoms with E-state index in [-0.39, 0.29) is 11.3 Å². The van der Waals surface area contributed by atoms with Gasteiger partial charge in [-0.1, -0.05) is 80.6 Å². The van der Waals surface area contributed by atoms with Gasteiger partial charge < -0.3 is 15.0 Å². The van der Waals surface area contributed by atoms with Gasteiger partial charge in [-0.3, -0.25) is 4.79 Å². The average molecular weight is 411 g/mol. The van der Waals surface area contributed by atoms with Crippen LogP contribution in [0.2, 0.25) is 0 Å². The van der Waals surface area contributed by atoms with Crippen LogP contribution in [0.4, 0.5) is 5.69 Å². The van der Waals surface area contributed by atoms with Gasteiger partial charge in [0.2, 0.25) is 5.91 Å². The van der Waals surface area contributed by atoms with Crippen molar-refractivity contribution in [2.24, 2.45) is 0 Å². The maximum Gasteiger partial charge on any atom is 0.241 e. The molecule has 3 aromatic rings. The van der Waals surface area contributed by atoms with Crippen molar-refractivity contribution in [3.8, 4) is 5.75 Å². The SMILES string of the molecule is CC1(C)c2ccccc2N2CC(=O)N[C@]21/C=C/c1ccc(OCc2ccccc2)cc1. The van der Waals surface area contributed by atoms with Crippen molar-refractivity contribution in [1.82, 2.24) is 5.32 Å². The molecule has 1 atom stereocenters. The number of nitrogens with zero attached hydrogens (tertiary/aromatic N) is 1. The molecule has 1 N–H and O–H groups in total. The zero-order chi connectivity index (χ0) is 21.5. The third kappa shape index (κ3) is 3.19. The fraction of sp³-hybridized carbons (Fsp3) is 0.222. The normalized spacial score (nSPS) is 21.1. The van der Waals surface area contributed by atoms with Crippen LogP contribution in [0.1, 0.15) is 30.5 Å². The number of hydrogen-bond acceptors (Lipinski definition) is 3. The second kappa shape index (κ2) is 7.31. The Balaban J connectivity index is 1.37. The molecule has 0 bridgehead atoms. The first-order valence-corrected chi connectivity index (χ1v) is 10.6. The van der Waals surface area contributed by atoms with Crippen molar-refractivity contribution in [2.75, 3.05) is 11.4 Å². The standard InChI is InChI=1S/C27H26N2O2/c1-26(2)23-10-6-7-11-24(23)29-18-25(30)28-27(26,29)17-16-20-12-14-22(15-13-20)31-19-21-8-4-3-5-9-21/h3-17H,18-19H2,1-2H3,(H,28,30)/b17-16+/t27-/m1/s1. The molecular formula is C27H26N2O2. The van der Waals surface area contributed by atoms with E-state index >= 15 is 0 Å². The van der Waals surface area contributed by atoms with E-state index in [1.54, 1.807) is 0 Å². The smallest absolute Gasteiger partial charge is 0.241 e.